The smallest absolute Gasteiger partial charge is 0.341 e. The Morgan fingerprint density at radius 3 is 2.70 bits per heavy atom. The van der Waals surface area contributed by atoms with E-state index in [2.05, 4.69) is 5.32 Å². The van der Waals surface area contributed by atoms with E-state index >= 15 is 0 Å². The molecule has 1 aromatic heterocycles. The predicted octanol–water partition coefficient (Wildman–Crippen LogP) is 6.04. The Labute approximate surface area is 170 Å². The largest absolute Gasteiger partial charge is 0.462 e. The summed E-state index contributed by atoms with van der Waals surface area (Å²) in [5, 5.41) is 4.93. The van der Waals surface area contributed by atoms with Gasteiger partial charge in [0.2, 0.25) is 5.91 Å². The van der Waals surface area contributed by atoms with Gasteiger partial charge in [-0.25, -0.2) is 4.79 Å². The van der Waals surface area contributed by atoms with Crippen molar-refractivity contribution in [2.75, 3.05) is 11.9 Å². The SMILES string of the molecule is CCOC(=O)c1c(NC(=O)/C=C/c2ccc(Cl)cc2Cl)sc2ccccc12. The van der Waals surface area contributed by atoms with Crippen LogP contribution < -0.4 is 5.32 Å². The Morgan fingerprint density at radius 1 is 1.19 bits per heavy atom. The van der Waals surface area contributed by atoms with E-state index in [9.17, 15) is 9.59 Å². The zero-order valence-electron chi connectivity index (χ0n) is 14.3. The number of hydrogen-bond acceptors (Lipinski definition) is 4. The Bertz CT molecular complexity index is 1040. The van der Waals surface area contributed by atoms with Crippen molar-refractivity contribution in [2.24, 2.45) is 0 Å². The average molecular weight is 420 g/mol. The first-order valence-electron chi connectivity index (χ1n) is 8.12. The lowest BCUT2D eigenvalue weighted by Gasteiger charge is -2.05. The van der Waals surface area contributed by atoms with E-state index in [1.54, 1.807) is 31.2 Å². The molecule has 3 rings (SSSR count). The van der Waals surface area contributed by atoms with Crippen molar-refractivity contribution in [3.8, 4) is 0 Å². The standard InChI is InChI=1S/C20H15Cl2NO3S/c1-2-26-20(25)18-14-5-3-4-6-16(14)27-19(18)23-17(24)10-8-12-7-9-13(21)11-15(12)22/h3-11H,2H2,1H3,(H,23,24)/b10-8+. The van der Waals surface area contributed by atoms with Crippen molar-refractivity contribution in [3.63, 3.8) is 0 Å². The summed E-state index contributed by atoms with van der Waals surface area (Å²) in [4.78, 5) is 24.7. The van der Waals surface area contributed by atoms with E-state index in [0.29, 0.717) is 26.2 Å². The minimum atomic E-state index is -0.463. The maximum absolute atomic E-state index is 12.4. The van der Waals surface area contributed by atoms with Crippen molar-refractivity contribution < 1.29 is 14.3 Å². The predicted molar refractivity (Wildman–Crippen MR) is 112 cm³/mol. The number of anilines is 1. The molecule has 0 unspecified atom stereocenters. The summed E-state index contributed by atoms with van der Waals surface area (Å²) in [5.74, 6) is -0.840. The number of benzene rings is 2. The van der Waals surface area contributed by atoms with Gasteiger partial charge in [0, 0.05) is 26.2 Å². The summed E-state index contributed by atoms with van der Waals surface area (Å²) >= 11 is 13.3. The monoisotopic (exact) mass is 419 g/mol. The molecule has 0 atom stereocenters. The number of fused-ring (bicyclic) bond motifs is 1. The molecule has 0 aliphatic carbocycles. The van der Waals surface area contributed by atoms with E-state index < -0.39 is 5.97 Å². The number of esters is 1. The summed E-state index contributed by atoms with van der Waals surface area (Å²) in [6, 6.07) is 12.5. The second kappa shape index (κ2) is 8.57. The summed E-state index contributed by atoms with van der Waals surface area (Å²) in [6.45, 7) is 1.99. The van der Waals surface area contributed by atoms with E-state index in [1.165, 1.54) is 17.4 Å². The van der Waals surface area contributed by atoms with Crippen molar-refractivity contribution in [3.05, 3.63) is 69.7 Å². The topological polar surface area (TPSA) is 55.4 Å². The summed E-state index contributed by atoms with van der Waals surface area (Å²) in [5.41, 5.74) is 1.03. The van der Waals surface area contributed by atoms with Gasteiger partial charge in [-0.1, -0.05) is 47.5 Å². The van der Waals surface area contributed by atoms with Crippen LogP contribution in [0.5, 0.6) is 0 Å². The lowest BCUT2D eigenvalue weighted by molar-refractivity contribution is -0.111. The van der Waals surface area contributed by atoms with Crippen LogP contribution in [-0.4, -0.2) is 18.5 Å². The fraction of sp³-hybridized carbons (Fsp3) is 0.100. The molecule has 1 amide bonds. The molecule has 0 fully saturated rings. The van der Waals surface area contributed by atoms with Gasteiger partial charge in [-0.3, -0.25) is 4.79 Å². The minimum Gasteiger partial charge on any atom is -0.462 e. The quantitative estimate of drug-likeness (QED) is 0.405. The zero-order valence-corrected chi connectivity index (χ0v) is 16.6. The maximum atomic E-state index is 12.4. The number of carbonyl (C=O) groups is 2. The van der Waals surface area contributed by atoms with Gasteiger partial charge in [0.1, 0.15) is 10.6 Å². The number of amides is 1. The second-order valence-electron chi connectivity index (χ2n) is 5.51. The normalized spacial score (nSPS) is 11.1. The molecular weight excluding hydrogens is 405 g/mol. The van der Waals surface area contributed by atoms with E-state index in [0.717, 1.165) is 10.1 Å². The van der Waals surface area contributed by atoms with Crippen LogP contribution in [0.4, 0.5) is 5.00 Å². The number of halogens is 2. The summed E-state index contributed by atoms with van der Waals surface area (Å²) in [7, 11) is 0. The molecule has 1 heterocycles. The van der Waals surface area contributed by atoms with Crippen molar-refractivity contribution >= 4 is 67.6 Å². The van der Waals surface area contributed by atoms with Gasteiger partial charge in [-0.05, 0) is 36.8 Å². The van der Waals surface area contributed by atoms with Crippen molar-refractivity contribution in [1.29, 1.82) is 0 Å². The van der Waals surface area contributed by atoms with Crippen LogP contribution in [0.2, 0.25) is 10.0 Å². The number of rotatable bonds is 5. The fourth-order valence-corrected chi connectivity index (χ4v) is 4.06. The fourth-order valence-electron chi connectivity index (χ4n) is 2.50. The van der Waals surface area contributed by atoms with Gasteiger partial charge >= 0.3 is 5.97 Å². The Hall–Kier alpha value is -2.34. The highest BCUT2D eigenvalue weighted by molar-refractivity contribution is 7.23. The maximum Gasteiger partial charge on any atom is 0.341 e. The average Bonchev–Trinajstić information content (AvgIpc) is 2.99. The summed E-state index contributed by atoms with van der Waals surface area (Å²) in [6.07, 6.45) is 2.94. The Kier molecular flexibility index (Phi) is 6.16. The van der Waals surface area contributed by atoms with Crippen LogP contribution in [0.25, 0.3) is 16.2 Å². The number of carbonyl (C=O) groups excluding carboxylic acids is 2. The third-order valence-electron chi connectivity index (χ3n) is 3.69. The van der Waals surface area contributed by atoms with Crippen LogP contribution in [0.1, 0.15) is 22.8 Å². The number of nitrogens with one attached hydrogen (secondary N) is 1. The van der Waals surface area contributed by atoms with Crippen molar-refractivity contribution in [2.45, 2.75) is 6.92 Å². The molecule has 0 aliphatic rings. The van der Waals surface area contributed by atoms with Crippen LogP contribution in [0.15, 0.2) is 48.5 Å². The van der Waals surface area contributed by atoms with Gasteiger partial charge in [0.05, 0.1) is 6.61 Å². The molecule has 4 nitrogen and oxygen atoms in total. The lowest BCUT2D eigenvalue weighted by Crippen LogP contribution is -2.12. The van der Waals surface area contributed by atoms with Gasteiger partial charge in [0.15, 0.2) is 0 Å². The van der Waals surface area contributed by atoms with Crippen LogP contribution in [0.3, 0.4) is 0 Å². The molecule has 1 N–H and O–H groups in total. The van der Waals surface area contributed by atoms with Gasteiger partial charge in [0.25, 0.3) is 0 Å². The molecule has 0 spiro atoms. The first kappa shape index (κ1) is 19.4. The Morgan fingerprint density at radius 2 is 1.96 bits per heavy atom. The molecule has 0 aliphatic heterocycles. The van der Waals surface area contributed by atoms with Crippen LogP contribution in [0, 0.1) is 0 Å². The van der Waals surface area contributed by atoms with E-state index in [1.807, 2.05) is 24.3 Å². The highest BCUT2D eigenvalue weighted by Gasteiger charge is 2.20. The van der Waals surface area contributed by atoms with Crippen LogP contribution >= 0.6 is 34.5 Å². The van der Waals surface area contributed by atoms with Crippen molar-refractivity contribution in [1.82, 2.24) is 0 Å². The second-order valence-corrected chi connectivity index (χ2v) is 7.41. The molecule has 0 radical (unpaired) electrons. The number of ether oxygens (including phenoxy) is 1. The summed E-state index contributed by atoms with van der Waals surface area (Å²) < 4.78 is 6.03. The lowest BCUT2D eigenvalue weighted by atomic mass is 10.1. The van der Waals surface area contributed by atoms with Gasteiger partial charge < -0.3 is 10.1 Å². The molecule has 0 saturated heterocycles. The van der Waals surface area contributed by atoms with E-state index in [4.69, 9.17) is 27.9 Å². The zero-order chi connectivity index (χ0) is 19.4. The molecule has 7 heteroatoms. The molecular formula is C20H15Cl2NO3S. The molecule has 0 saturated carbocycles. The molecule has 2 aromatic carbocycles. The third-order valence-corrected chi connectivity index (χ3v) is 5.34. The molecule has 3 aromatic rings. The minimum absolute atomic E-state index is 0.255. The van der Waals surface area contributed by atoms with Gasteiger partial charge in [-0.15, -0.1) is 11.3 Å². The molecule has 27 heavy (non-hydrogen) atoms. The highest BCUT2D eigenvalue weighted by atomic mass is 35.5. The van der Waals surface area contributed by atoms with E-state index in [-0.39, 0.29) is 12.5 Å². The number of thiophene rings is 1. The van der Waals surface area contributed by atoms with Crippen LogP contribution in [-0.2, 0) is 9.53 Å². The number of hydrogen-bond donors (Lipinski definition) is 1. The first-order chi connectivity index (χ1) is 13.0. The molecule has 0 bridgehead atoms. The highest BCUT2D eigenvalue weighted by Crippen LogP contribution is 2.36. The Balaban J connectivity index is 1.87. The van der Waals surface area contributed by atoms with Gasteiger partial charge in [-0.2, -0.15) is 0 Å². The molecule has 138 valence electrons. The first-order valence-corrected chi connectivity index (χ1v) is 9.69. The third kappa shape index (κ3) is 4.50.